The third-order valence-electron chi connectivity index (χ3n) is 3.73. The Bertz CT molecular complexity index is 632. The summed E-state index contributed by atoms with van der Waals surface area (Å²) in [5, 5.41) is 0. The smallest absolute Gasteiger partial charge is 0.235 e. The van der Waals surface area contributed by atoms with Gasteiger partial charge in [0.15, 0.2) is 0 Å². The van der Waals surface area contributed by atoms with Crippen molar-refractivity contribution in [1.82, 2.24) is 4.98 Å². The van der Waals surface area contributed by atoms with Gasteiger partial charge in [-0.05, 0) is 43.9 Å². The molecule has 0 bridgehead atoms. The maximum absolute atomic E-state index is 10.6. The molecule has 0 N–H and O–H groups in total. The van der Waals surface area contributed by atoms with Crippen LogP contribution in [0.1, 0.15) is 30.5 Å². The second-order valence-corrected chi connectivity index (χ2v) is 4.96. The normalized spacial score (nSPS) is 16.5. The van der Waals surface area contributed by atoms with E-state index in [0.29, 0.717) is 5.89 Å². The van der Waals surface area contributed by atoms with Gasteiger partial charge in [0.1, 0.15) is 6.26 Å². The van der Waals surface area contributed by atoms with Gasteiger partial charge in [-0.25, -0.2) is 9.78 Å². The van der Waals surface area contributed by atoms with Gasteiger partial charge >= 0.3 is 0 Å². The van der Waals surface area contributed by atoms with E-state index in [-0.39, 0.29) is 5.54 Å². The number of aliphatic imine (C=N–C) groups is 1. The van der Waals surface area contributed by atoms with Crippen molar-refractivity contribution >= 4 is 6.08 Å². The van der Waals surface area contributed by atoms with E-state index in [4.69, 9.17) is 4.42 Å². The molecule has 19 heavy (non-hydrogen) atoms. The Hall–Kier alpha value is -2.19. The highest BCUT2D eigenvalue weighted by Gasteiger charge is 2.38. The van der Waals surface area contributed by atoms with Crippen LogP contribution in [0.3, 0.4) is 0 Å². The number of oxazole rings is 1. The van der Waals surface area contributed by atoms with Crippen molar-refractivity contribution in [1.29, 1.82) is 0 Å². The Morgan fingerprint density at radius 3 is 2.53 bits per heavy atom. The highest BCUT2D eigenvalue weighted by Crippen LogP contribution is 2.44. The van der Waals surface area contributed by atoms with Gasteiger partial charge in [0, 0.05) is 5.56 Å². The monoisotopic (exact) mass is 254 g/mol. The minimum Gasteiger partial charge on any atom is -0.444 e. The molecule has 1 aliphatic rings. The second kappa shape index (κ2) is 4.48. The molecule has 1 aromatic heterocycles. The van der Waals surface area contributed by atoms with Gasteiger partial charge < -0.3 is 4.42 Å². The highest BCUT2D eigenvalue weighted by atomic mass is 16.3. The van der Waals surface area contributed by atoms with Crippen molar-refractivity contribution in [2.24, 2.45) is 4.99 Å². The van der Waals surface area contributed by atoms with Crippen LogP contribution in [-0.4, -0.2) is 11.1 Å². The number of hydrogen-bond acceptors (Lipinski definition) is 4. The predicted octanol–water partition coefficient (Wildman–Crippen LogP) is 3.37. The minimum absolute atomic E-state index is 0.340. The van der Waals surface area contributed by atoms with Crippen LogP contribution in [0.2, 0.25) is 0 Å². The number of isocyanates is 1. The molecule has 0 spiro atoms. The van der Waals surface area contributed by atoms with Gasteiger partial charge in [-0.1, -0.05) is 12.1 Å². The number of nitrogens with zero attached hydrogens (tertiary/aromatic N) is 2. The van der Waals surface area contributed by atoms with Crippen LogP contribution in [0.4, 0.5) is 0 Å². The van der Waals surface area contributed by atoms with Crippen LogP contribution in [0.15, 0.2) is 39.9 Å². The largest absolute Gasteiger partial charge is 0.444 e. The lowest BCUT2D eigenvalue weighted by Gasteiger charge is -2.37. The fourth-order valence-electron chi connectivity index (χ4n) is 2.47. The number of hydrogen-bond donors (Lipinski definition) is 0. The summed E-state index contributed by atoms with van der Waals surface area (Å²) < 4.78 is 5.37. The Morgan fingerprint density at radius 1 is 1.32 bits per heavy atom. The molecule has 1 aromatic carbocycles. The van der Waals surface area contributed by atoms with E-state index >= 15 is 0 Å². The van der Waals surface area contributed by atoms with E-state index in [9.17, 15) is 4.79 Å². The fourth-order valence-corrected chi connectivity index (χ4v) is 2.47. The summed E-state index contributed by atoms with van der Waals surface area (Å²) in [6.07, 6.45) is 6.27. The van der Waals surface area contributed by atoms with Gasteiger partial charge in [-0.3, -0.25) is 0 Å². The van der Waals surface area contributed by atoms with E-state index in [1.807, 2.05) is 31.2 Å². The van der Waals surface area contributed by atoms with Crippen molar-refractivity contribution in [2.45, 2.75) is 31.7 Å². The summed E-state index contributed by atoms with van der Waals surface area (Å²) >= 11 is 0. The first kappa shape index (κ1) is 11.9. The first-order valence-corrected chi connectivity index (χ1v) is 6.36. The van der Waals surface area contributed by atoms with Gasteiger partial charge in [0.05, 0.1) is 11.2 Å². The lowest BCUT2D eigenvalue weighted by atomic mass is 9.72. The first-order chi connectivity index (χ1) is 9.23. The Morgan fingerprint density at radius 2 is 2.05 bits per heavy atom. The number of carbonyl (C=O) groups excluding carboxylic acids is 1. The second-order valence-electron chi connectivity index (χ2n) is 4.96. The van der Waals surface area contributed by atoms with Gasteiger partial charge in [0.2, 0.25) is 12.0 Å². The average Bonchev–Trinajstić information content (AvgIpc) is 2.81. The molecule has 0 aliphatic heterocycles. The predicted molar refractivity (Wildman–Crippen MR) is 70.3 cm³/mol. The summed E-state index contributed by atoms with van der Waals surface area (Å²) in [6, 6.07) is 7.91. The third-order valence-corrected chi connectivity index (χ3v) is 3.73. The summed E-state index contributed by atoms with van der Waals surface area (Å²) in [6.45, 7) is 1.89. The Kier molecular flexibility index (Phi) is 2.80. The van der Waals surface area contributed by atoms with Crippen molar-refractivity contribution in [2.75, 3.05) is 0 Å². The molecule has 1 saturated carbocycles. The van der Waals surface area contributed by atoms with E-state index in [1.54, 1.807) is 12.3 Å². The summed E-state index contributed by atoms with van der Waals surface area (Å²) in [5.41, 5.74) is 2.52. The molecule has 0 radical (unpaired) electrons. The molecular weight excluding hydrogens is 240 g/mol. The van der Waals surface area contributed by atoms with Crippen molar-refractivity contribution in [3.05, 3.63) is 41.8 Å². The number of benzene rings is 1. The van der Waals surface area contributed by atoms with Crippen molar-refractivity contribution in [3.63, 3.8) is 0 Å². The van der Waals surface area contributed by atoms with Crippen molar-refractivity contribution in [3.8, 4) is 11.5 Å². The van der Waals surface area contributed by atoms with Crippen LogP contribution in [0.25, 0.3) is 11.5 Å². The molecule has 2 aromatic rings. The van der Waals surface area contributed by atoms with Gasteiger partial charge in [0.25, 0.3) is 0 Å². The molecule has 1 aliphatic carbocycles. The molecule has 1 fully saturated rings. The highest BCUT2D eigenvalue weighted by molar-refractivity contribution is 5.54. The topological polar surface area (TPSA) is 55.5 Å². The fraction of sp³-hybridized carbons (Fsp3) is 0.333. The lowest BCUT2D eigenvalue weighted by Crippen LogP contribution is -2.31. The zero-order chi connectivity index (χ0) is 13.3. The zero-order valence-corrected chi connectivity index (χ0v) is 10.7. The molecule has 3 rings (SSSR count). The van der Waals surface area contributed by atoms with Crippen LogP contribution in [0.5, 0.6) is 0 Å². The summed E-state index contributed by atoms with van der Waals surface area (Å²) in [4.78, 5) is 18.8. The molecule has 0 atom stereocenters. The standard InChI is InChI=1S/C15H14N2O2/c1-11-9-19-14(17-11)12-3-5-13(6-4-12)15(16-10-18)7-2-8-15/h3-6,9H,2,7-8H2,1H3. The van der Waals surface area contributed by atoms with E-state index < -0.39 is 0 Å². The summed E-state index contributed by atoms with van der Waals surface area (Å²) in [7, 11) is 0. The minimum atomic E-state index is -0.340. The quantitative estimate of drug-likeness (QED) is 0.623. The summed E-state index contributed by atoms with van der Waals surface area (Å²) in [5.74, 6) is 0.616. The maximum Gasteiger partial charge on any atom is 0.235 e. The third kappa shape index (κ3) is 2.00. The molecule has 4 nitrogen and oxygen atoms in total. The molecule has 0 saturated heterocycles. The molecule has 96 valence electrons. The molecule has 1 heterocycles. The van der Waals surface area contributed by atoms with Gasteiger partial charge in [-0.2, -0.15) is 4.99 Å². The maximum atomic E-state index is 10.6. The molecule has 0 amide bonds. The Balaban J connectivity index is 1.92. The number of aryl methyl sites for hydroxylation is 1. The van der Waals surface area contributed by atoms with E-state index in [2.05, 4.69) is 9.98 Å². The van der Waals surface area contributed by atoms with E-state index in [0.717, 1.165) is 36.1 Å². The van der Waals surface area contributed by atoms with Gasteiger partial charge in [-0.15, -0.1) is 0 Å². The van der Waals surface area contributed by atoms with Crippen LogP contribution in [0, 0.1) is 6.92 Å². The first-order valence-electron chi connectivity index (χ1n) is 6.36. The van der Waals surface area contributed by atoms with Crippen LogP contribution in [-0.2, 0) is 10.3 Å². The number of rotatable bonds is 3. The molecule has 0 unspecified atom stereocenters. The number of aromatic nitrogens is 1. The molecular formula is C15H14N2O2. The average molecular weight is 254 g/mol. The SMILES string of the molecule is Cc1coc(-c2ccc(C3(N=C=O)CCC3)cc2)n1. The van der Waals surface area contributed by atoms with Crippen LogP contribution < -0.4 is 0 Å². The zero-order valence-electron chi connectivity index (χ0n) is 10.7. The Labute approximate surface area is 111 Å². The van der Waals surface area contributed by atoms with E-state index in [1.165, 1.54) is 0 Å². The molecule has 4 heteroatoms. The van der Waals surface area contributed by atoms with Crippen molar-refractivity contribution < 1.29 is 9.21 Å². The van der Waals surface area contributed by atoms with Crippen LogP contribution >= 0.6 is 0 Å². The lowest BCUT2D eigenvalue weighted by molar-refractivity contribution is 0.256.